The second-order valence-corrected chi connectivity index (χ2v) is 9.44. The zero-order valence-electron chi connectivity index (χ0n) is 11.7. The predicted molar refractivity (Wildman–Crippen MR) is 87.9 cm³/mol. The Morgan fingerprint density at radius 2 is 1.71 bits per heavy atom. The third-order valence-electron chi connectivity index (χ3n) is 3.20. The lowest BCUT2D eigenvalue weighted by molar-refractivity contribution is 0.588. The molecule has 0 atom stereocenters. The molecule has 0 amide bonds. The van der Waals surface area contributed by atoms with Crippen molar-refractivity contribution in [2.24, 2.45) is 0 Å². The fraction of sp³-hybridized carbons (Fsp3) is 0.200. The van der Waals surface area contributed by atoms with Gasteiger partial charge in [-0.3, -0.25) is 0 Å². The molecular weight excluding hydrogens is 322 g/mol. The van der Waals surface area contributed by atoms with E-state index in [1.807, 2.05) is 6.07 Å². The molecule has 3 aromatic rings. The van der Waals surface area contributed by atoms with Crippen LogP contribution in [0.3, 0.4) is 0 Å². The first kappa shape index (κ1) is 14.6. The maximum Gasteiger partial charge on any atom is 0.277 e. The number of aromatic nitrogens is 1. The van der Waals surface area contributed by atoms with Crippen molar-refractivity contribution in [1.82, 2.24) is 3.97 Å². The van der Waals surface area contributed by atoms with E-state index in [2.05, 4.69) is 19.1 Å². The van der Waals surface area contributed by atoms with Crippen molar-refractivity contribution in [2.45, 2.75) is 24.5 Å². The molecule has 0 aromatic carbocycles. The highest BCUT2D eigenvalue weighted by atomic mass is 32.2. The Hall–Kier alpha value is -1.37. The lowest BCUT2D eigenvalue weighted by atomic mass is 10.3. The Morgan fingerprint density at radius 3 is 2.33 bits per heavy atom. The zero-order chi connectivity index (χ0) is 15.0. The number of hydrogen-bond acceptors (Lipinski definition) is 4. The van der Waals surface area contributed by atoms with E-state index in [-0.39, 0.29) is 0 Å². The molecule has 0 aliphatic carbocycles. The van der Waals surface area contributed by atoms with Crippen LogP contribution in [0.15, 0.2) is 46.8 Å². The Morgan fingerprint density at radius 1 is 1.00 bits per heavy atom. The summed E-state index contributed by atoms with van der Waals surface area (Å²) in [5, 5.41) is 0. The summed E-state index contributed by atoms with van der Waals surface area (Å²) >= 11 is 3.10. The highest BCUT2D eigenvalue weighted by Crippen LogP contribution is 2.28. The molecule has 3 aromatic heterocycles. The lowest BCUT2D eigenvalue weighted by Gasteiger charge is -2.05. The molecule has 0 spiro atoms. The number of hydrogen-bond donors (Lipinski definition) is 0. The van der Waals surface area contributed by atoms with Gasteiger partial charge in [-0.2, -0.15) is 8.42 Å². The van der Waals surface area contributed by atoms with Crippen molar-refractivity contribution >= 4 is 32.7 Å². The van der Waals surface area contributed by atoms with Crippen LogP contribution in [-0.2, 0) is 16.4 Å². The lowest BCUT2D eigenvalue weighted by Crippen LogP contribution is -2.11. The Kier molecular flexibility index (Phi) is 3.77. The minimum atomic E-state index is -3.45. The van der Waals surface area contributed by atoms with Gasteiger partial charge in [-0.15, -0.1) is 22.7 Å². The van der Waals surface area contributed by atoms with E-state index in [1.54, 1.807) is 42.7 Å². The number of thiophene rings is 2. The van der Waals surface area contributed by atoms with Crippen LogP contribution in [0, 0.1) is 13.8 Å². The fourth-order valence-corrected chi connectivity index (χ4v) is 6.01. The topological polar surface area (TPSA) is 39.1 Å². The van der Waals surface area contributed by atoms with E-state index in [0.717, 1.165) is 17.0 Å². The van der Waals surface area contributed by atoms with Gasteiger partial charge in [0.1, 0.15) is 4.21 Å². The summed E-state index contributed by atoms with van der Waals surface area (Å²) < 4.78 is 26.8. The minimum Gasteiger partial charge on any atom is -0.246 e. The molecule has 0 saturated carbocycles. The Balaban J connectivity index is 1.90. The second-order valence-electron chi connectivity index (χ2n) is 4.86. The van der Waals surface area contributed by atoms with E-state index in [4.69, 9.17) is 0 Å². The summed E-state index contributed by atoms with van der Waals surface area (Å²) in [4.78, 5) is 3.60. The van der Waals surface area contributed by atoms with Crippen molar-refractivity contribution in [3.8, 4) is 0 Å². The molecule has 110 valence electrons. The summed E-state index contributed by atoms with van der Waals surface area (Å²) in [6, 6.07) is 11.3. The molecule has 0 saturated heterocycles. The van der Waals surface area contributed by atoms with Gasteiger partial charge in [-0.1, -0.05) is 0 Å². The van der Waals surface area contributed by atoms with E-state index in [0.29, 0.717) is 4.21 Å². The van der Waals surface area contributed by atoms with Crippen molar-refractivity contribution < 1.29 is 8.42 Å². The van der Waals surface area contributed by atoms with E-state index in [9.17, 15) is 8.42 Å². The van der Waals surface area contributed by atoms with E-state index in [1.165, 1.54) is 25.1 Å². The number of nitrogens with zero attached hydrogens (tertiary/aromatic N) is 1. The quantitative estimate of drug-likeness (QED) is 0.720. The first-order valence-corrected chi connectivity index (χ1v) is 9.58. The second kappa shape index (κ2) is 5.44. The van der Waals surface area contributed by atoms with Crippen LogP contribution in [0.4, 0.5) is 0 Å². The third-order valence-corrected chi connectivity index (χ3v) is 7.54. The van der Waals surface area contributed by atoms with Gasteiger partial charge in [0, 0.05) is 32.9 Å². The zero-order valence-corrected chi connectivity index (χ0v) is 14.2. The molecule has 21 heavy (non-hydrogen) atoms. The number of aryl methyl sites for hydroxylation is 2. The summed E-state index contributed by atoms with van der Waals surface area (Å²) in [5.41, 5.74) is 0.721. The molecule has 6 heteroatoms. The van der Waals surface area contributed by atoms with Crippen LogP contribution in [0.25, 0.3) is 0 Å². The number of rotatable bonds is 4. The molecule has 0 unspecified atom stereocenters. The third kappa shape index (κ3) is 2.84. The SMILES string of the molecule is Cc1ccc(Cc2ccc(S(=O)(=O)n3cccc3C)s2)s1. The monoisotopic (exact) mass is 337 g/mol. The Bertz CT molecular complexity index is 868. The summed E-state index contributed by atoms with van der Waals surface area (Å²) in [7, 11) is -3.45. The Labute approximate surface area is 132 Å². The molecule has 0 aliphatic heterocycles. The molecule has 0 fully saturated rings. The molecule has 0 aliphatic rings. The maximum atomic E-state index is 12.6. The highest BCUT2D eigenvalue weighted by Gasteiger charge is 2.20. The van der Waals surface area contributed by atoms with Gasteiger partial charge in [0.2, 0.25) is 0 Å². The van der Waals surface area contributed by atoms with E-state index < -0.39 is 10.0 Å². The van der Waals surface area contributed by atoms with Gasteiger partial charge in [0.05, 0.1) is 0 Å². The average Bonchev–Trinajstić information content (AvgIpc) is 3.12. The predicted octanol–water partition coefficient (Wildman–Crippen LogP) is 4.06. The van der Waals surface area contributed by atoms with Crippen LogP contribution >= 0.6 is 22.7 Å². The van der Waals surface area contributed by atoms with Crippen molar-refractivity contribution in [3.05, 3.63) is 62.9 Å². The normalized spacial score (nSPS) is 11.9. The van der Waals surface area contributed by atoms with Gasteiger partial charge >= 0.3 is 0 Å². The largest absolute Gasteiger partial charge is 0.277 e. The van der Waals surface area contributed by atoms with Gasteiger partial charge in [0.25, 0.3) is 10.0 Å². The highest BCUT2D eigenvalue weighted by molar-refractivity contribution is 7.92. The van der Waals surface area contributed by atoms with E-state index >= 15 is 0 Å². The molecular formula is C15H15NO2S3. The molecule has 0 bridgehead atoms. The van der Waals surface area contributed by atoms with Crippen molar-refractivity contribution in [3.63, 3.8) is 0 Å². The molecule has 3 heterocycles. The molecule has 3 rings (SSSR count). The summed E-state index contributed by atoms with van der Waals surface area (Å²) in [6.45, 7) is 3.87. The van der Waals surface area contributed by atoms with Gasteiger partial charge in [-0.05, 0) is 50.2 Å². The van der Waals surface area contributed by atoms with Crippen LogP contribution in [-0.4, -0.2) is 12.4 Å². The molecule has 0 radical (unpaired) electrons. The molecule has 3 nitrogen and oxygen atoms in total. The van der Waals surface area contributed by atoms with Crippen LogP contribution < -0.4 is 0 Å². The minimum absolute atomic E-state index is 0.394. The van der Waals surface area contributed by atoms with Crippen molar-refractivity contribution in [2.75, 3.05) is 0 Å². The summed E-state index contributed by atoms with van der Waals surface area (Å²) in [6.07, 6.45) is 2.38. The average molecular weight is 337 g/mol. The van der Waals surface area contributed by atoms with Gasteiger partial charge in [0.15, 0.2) is 0 Å². The van der Waals surface area contributed by atoms with Gasteiger partial charge in [-0.25, -0.2) is 3.97 Å². The van der Waals surface area contributed by atoms with Crippen molar-refractivity contribution in [1.29, 1.82) is 0 Å². The first-order chi connectivity index (χ1) is 9.96. The summed E-state index contributed by atoms with van der Waals surface area (Å²) in [5.74, 6) is 0. The van der Waals surface area contributed by atoms with Gasteiger partial charge < -0.3 is 0 Å². The van der Waals surface area contributed by atoms with Crippen LogP contribution in [0.5, 0.6) is 0 Å². The molecule has 0 N–H and O–H groups in total. The fourth-order valence-electron chi connectivity index (χ4n) is 2.16. The first-order valence-electron chi connectivity index (χ1n) is 6.50. The smallest absolute Gasteiger partial charge is 0.246 e. The standard InChI is InChI=1S/C15H15NO2S3/c1-11-4-3-9-16(11)21(17,18)15-8-7-14(20-15)10-13-6-5-12(2)19-13/h3-9H,10H2,1-2H3. The van der Waals surface area contributed by atoms with Crippen LogP contribution in [0.2, 0.25) is 0 Å². The van der Waals surface area contributed by atoms with Crippen LogP contribution in [0.1, 0.15) is 20.3 Å². The maximum absolute atomic E-state index is 12.6.